The molecule has 0 saturated heterocycles. The summed E-state index contributed by atoms with van der Waals surface area (Å²) in [6.07, 6.45) is -0.910. The van der Waals surface area contributed by atoms with Gasteiger partial charge in [-0.2, -0.15) is 0 Å². The second-order valence-corrected chi connectivity index (χ2v) is 5.42. The molecule has 0 bridgehead atoms. The molecule has 0 aliphatic rings. The fourth-order valence-electron chi connectivity index (χ4n) is 1.83. The smallest absolute Gasteiger partial charge is 0.312 e. The van der Waals surface area contributed by atoms with Gasteiger partial charge in [0.05, 0.1) is 16.7 Å². The number of ether oxygens (including phenoxy) is 1. The zero-order valence-corrected chi connectivity index (χ0v) is 13.0. The lowest BCUT2D eigenvalue weighted by atomic mass is 10.1. The van der Waals surface area contributed by atoms with Gasteiger partial charge < -0.3 is 14.4 Å². The van der Waals surface area contributed by atoms with Gasteiger partial charge in [0.2, 0.25) is 5.75 Å². The molecule has 1 aromatic heterocycles. The van der Waals surface area contributed by atoms with Crippen LogP contribution in [0.3, 0.4) is 0 Å². The van der Waals surface area contributed by atoms with E-state index in [1.54, 1.807) is 19.1 Å². The van der Waals surface area contributed by atoms with Crippen LogP contribution in [0.15, 0.2) is 27.2 Å². The van der Waals surface area contributed by atoms with E-state index in [0.717, 1.165) is 0 Å². The lowest BCUT2D eigenvalue weighted by Gasteiger charge is -2.13. The first-order chi connectivity index (χ1) is 9.88. The van der Waals surface area contributed by atoms with Crippen molar-refractivity contribution in [1.82, 2.24) is 5.16 Å². The first kappa shape index (κ1) is 15.5. The van der Waals surface area contributed by atoms with E-state index in [2.05, 4.69) is 21.1 Å². The topological polar surface area (TPSA) is 98.6 Å². The molecule has 1 unspecified atom stereocenters. The number of aryl methyl sites for hydroxylation is 1. The van der Waals surface area contributed by atoms with Crippen LogP contribution in [0.5, 0.6) is 5.75 Å². The van der Waals surface area contributed by atoms with Crippen LogP contribution < -0.4 is 4.74 Å². The zero-order chi connectivity index (χ0) is 15.6. The van der Waals surface area contributed by atoms with Crippen molar-refractivity contribution in [3.05, 3.63) is 49.8 Å². The van der Waals surface area contributed by atoms with E-state index in [1.807, 2.05) is 0 Å². The standard InChI is InChI=1S/C13H13BrN2O5/c1-7-3-10(21-15-7)6-20-13-11(8(2)17)4-9(14)5-12(13)16(18)19/h3-5,8,17H,6H2,1-2H3. The van der Waals surface area contributed by atoms with E-state index < -0.39 is 11.0 Å². The molecule has 0 fully saturated rings. The molecule has 8 heteroatoms. The van der Waals surface area contributed by atoms with E-state index in [1.165, 1.54) is 13.0 Å². The van der Waals surface area contributed by atoms with E-state index in [4.69, 9.17) is 9.26 Å². The maximum absolute atomic E-state index is 11.2. The van der Waals surface area contributed by atoms with Crippen molar-refractivity contribution in [3.8, 4) is 5.75 Å². The Bertz CT molecular complexity index is 669. The van der Waals surface area contributed by atoms with Crippen LogP contribution >= 0.6 is 15.9 Å². The molecular formula is C13H13BrN2O5. The number of hydrogen-bond acceptors (Lipinski definition) is 6. The Balaban J connectivity index is 2.37. The van der Waals surface area contributed by atoms with E-state index in [0.29, 0.717) is 21.5 Å². The Labute approximate surface area is 128 Å². The van der Waals surface area contributed by atoms with Crippen LogP contribution in [0.25, 0.3) is 0 Å². The molecule has 0 radical (unpaired) electrons. The van der Waals surface area contributed by atoms with Crippen molar-refractivity contribution in [2.24, 2.45) is 0 Å². The van der Waals surface area contributed by atoms with Crippen LogP contribution in [0.2, 0.25) is 0 Å². The van der Waals surface area contributed by atoms with Crippen molar-refractivity contribution in [2.75, 3.05) is 0 Å². The molecular weight excluding hydrogens is 344 g/mol. The number of aliphatic hydroxyl groups excluding tert-OH is 1. The largest absolute Gasteiger partial charge is 0.478 e. The van der Waals surface area contributed by atoms with Crippen molar-refractivity contribution < 1.29 is 19.3 Å². The average Bonchev–Trinajstić information content (AvgIpc) is 2.81. The van der Waals surface area contributed by atoms with Crippen molar-refractivity contribution in [1.29, 1.82) is 0 Å². The molecule has 1 N–H and O–H groups in total. The number of aromatic nitrogens is 1. The maximum Gasteiger partial charge on any atom is 0.312 e. The fraction of sp³-hybridized carbons (Fsp3) is 0.308. The van der Waals surface area contributed by atoms with Gasteiger partial charge in [-0.1, -0.05) is 21.1 Å². The minimum Gasteiger partial charge on any atom is -0.478 e. The lowest BCUT2D eigenvalue weighted by Crippen LogP contribution is -2.04. The molecule has 21 heavy (non-hydrogen) atoms. The Morgan fingerprint density at radius 3 is 2.76 bits per heavy atom. The minimum atomic E-state index is -0.910. The van der Waals surface area contributed by atoms with Gasteiger partial charge >= 0.3 is 5.69 Å². The Kier molecular flexibility index (Phi) is 4.59. The molecule has 1 heterocycles. The average molecular weight is 357 g/mol. The highest BCUT2D eigenvalue weighted by atomic mass is 79.9. The lowest BCUT2D eigenvalue weighted by molar-refractivity contribution is -0.386. The van der Waals surface area contributed by atoms with Crippen LogP contribution in [0, 0.1) is 17.0 Å². The number of halogens is 1. The number of aliphatic hydroxyl groups is 1. The molecule has 2 aromatic rings. The van der Waals surface area contributed by atoms with Gasteiger partial charge in [-0.05, 0) is 19.9 Å². The maximum atomic E-state index is 11.2. The molecule has 0 amide bonds. The Morgan fingerprint density at radius 2 is 2.24 bits per heavy atom. The van der Waals surface area contributed by atoms with Gasteiger partial charge in [-0.15, -0.1) is 0 Å². The monoisotopic (exact) mass is 356 g/mol. The predicted octanol–water partition coefficient (Wildman–Crippen LogP) is 3.29. The summed E-state index contributed by atoms with van der Waals surface area (Å²) in [5.41, 5.74) is 0.790. The van der Waals surface area contributed by atoms with Gasteiger partial charge in [0.25, 0.3) is 0 Å². The molecule has 0 aliphatic heterocycles. The molecule has 0 spiro atoms. The van der Waals surface area contributed by atoms with Crippen molar-refractivity contribution >= 4 is 21.6 Å². The molecule has 112 valence electrons. The normalized spacial score (nSPS) is 12.2. The van der Waals surface area contributed by atoms with Gasteiger partial charge in [-0.3, -0.25) is 10.1 Å². The summed E-state index contributed by atoms with van der Waals surface area (Å²) < 4.78 is 11.0. The Morgan fingerprint density at radius 1 is 1.52 bits per heavy atom. The quantitative estimate of drug-likeness (QED) is 0.651. The number of nitro groups is 1. The number of nitro benzene ring substituents is 1. The first-order valence-electron chi connectivity index (χ1n) is 6.09. The third kappa shape index (κ3) is 3.59. The van der Waals surface area contributed by atoms with Crippen molar-refractivity contribution in [3.63, 3.8) is 0 Å². The summed E-state index contributed by atoms with van der Waals surface area (Å²) in [5.74, 6) is 0.466. The third-order valence-electron chi connectivity index (χ3n) is 2.75. The van der Waals surface area contributed by atoms with E-state index in [9.17, 15) is 15.2 Å². The summed E-state index contributed by atoms with van der Waals surface area (Å²) in [6, 6.07) is 4.58. The summed E-state index contributed by atoms with van der Waals surface area (Å²) in [7, 11) is 0. The molecule has 2 rings (SSSR count). The molecule has 1 atom stereocenters. The van der Waals surface area contributed by atoms with E-state index in [-0.39, 0.29) is 18.0 Å². The van der Waals surface area contributed by atoms with Crippen LogP contribution in [-0.2, 0) is 6.61 Å². The molecule has 0 saturated carbocycles. The van der Waals surface area contributed by atoms with Gasteiger partial charge in [-0.25, -0.2) is 0 Å². The van der Waals surface area contributed by atoms with Crippen LogP contribution in [0.1, 0.15) is 30.0 Å². The third-order valence-corrected chi connectivity index (χ3v) is 3.20. The summed E-state index contributed by atoms with van der Waals surface area (Å²) in [5, 5.41) is 24.6. The molecule has 0 aliphatic carbocycles. The highest BCUT2D eigenvalue weighted by molar-refractivity contribution is 9.10. The number of rotatable bonds is 5. The SMILES string of the molecule is Cc1cc(COc2c(C(C)O)cc(Br)cc2[N+](=O)[O-])on1. The molecule has 7 nitrogen and oxygen atoms in total. The van der Waals surface area contributed by atoms with Crippen LogP contribution in [0.4, 0.5) is 5.69 Å². The van der Waals surface area contributed by atoms with E-state index >= 15 is 0 Å². The van der Waals surface area contributed by atoms with Crippen molar-refractivity contribution in [2.45, 2.75) is 26.6 Å². The zero-order valence-electron chi connectivity index (χ0n) is 11.4. The highest BCUT2D eigenvalue weighted by Crippen LogP contribution is 2.38. The number of hydrogen-bond donors (Lipinski definition) is 1. The molecule has 1 aromatic carbocycles. The second kappa shape index (κ2) is 6.23. The predicted molar refractivity (Wildman–Crippen MR) is 77.0 cm³/mol. The van der Waals surface area contributed by atoms with Gasteiger partial charge in [0.1, 0.15) is 6.61 Å². The summed E-state index contributed by atoms with van der Waals surface area (Å²) in [6.45, 7) is 3.26. The van der Waals surface area contributed by atoms with Crippen LogP contribution in [-0.4, -0.2) is 15.2 Å². The second-order valence-electron chi connectivity index (χ2n) is 4.50. The van der Waals surface area contributed by atoms with Gasteiger partial charge in [0, 0.05) is 22.2 Å². The number of nitrogens with zero attached hydrogens (tertiary/aromatic N) is 2. The first-order valence-corrected chi connectivity index (χ1v) is 6.88. The summed E-state index contributed by atoms with van der Waals surface area (Å²) >= 11 is 3.18. The number of benzene rings is 1. The fourth-order valence-corrected chi connectivity index (χ4v) is 2.29. The minimum absolute atomic E-state index is 0.0109. The highest BCUT2D eigenvalue weighted by Gasteiger charge is 2.23. The Hall–Kier alpha value is -1.93. The summed E-state index contributed by atoms with van der Waals surface area (Å²) in [4.78, 5) is 10.6. The van der Waals surface area contributed by atoms with Gasteiger partial charge in [0.15, 0.2) is 5.76 Å².